The van der Waals surface area contributed by atoms with Crippen LogP contribution in [0.2, 0.25) is 0 Å². The standard InChI is InChI=1S/C30H27FNO6P/c31-24-11-5-6-12-25(24)32-29(23(30(32)35)16-17-26(33)19-8-2-1-3-9-19)20-14-15-21(27(34)18-20)22-10-4-7-13-28(22)39(36,37)38/h1-15,18,23,26,29,33-34H,16-17H2,(H2,36,37,38). The summed E-state index contributed by atoms with van der Waals surface area (Å²) in [5, 5.41) is 21.4. The average molecular weight is 548 g/mol. The molecule has 200 valence electrons. The Kier molecular flexibility index (Phi) is 7.38. The van der Waals surface area contributed by atoms with Gasteiger partial charge in [0.15, 0.2) is 0 Å². The van der Waals surface area contributed by atoms with Gasteiger partial charge in [-0.05, 0) is 48.2 Å². The van der Waals surface area contributed by atoms with E-state index in [9.17, 15) is 33.7 Å². The Morgan fingerprint density at radius 1 is 0.872 bits per heavy atom. The highest BCUT2D eigenvalue weighted by molar-refractivity contribution is 7.60. The fraction of sp³-hybridized carbons (Fsp3) is 0.167. The van der Waals surface area contributed by atoms with E-state index in [-0.39, 0.29) is 33.8 Å². The number of β-lactam (4-membered cyclic amide) rings is 1. The Balaban J connectivity index is 1.49. The molecule has 0 saturated carbocycles. The summed E-state index contributed by atoms with van der Waals surface area (Å²) in [5.74, 6) is -1.66. The number of phenolic OH excluding ortho intramolecular Hbond substituents is 1. The van der Waals surface area contributed by atoms with Crippen LogP contribution in [0.3, 0.4) is 0 Å². The van der Waals surface area contributed by atoms with E-state index < -0.39 is 31.5 Å². The van der Waals surface area contributed by atoms with Gasteiger partial charge in [0, 0.05) is 11.1 Å². The van der Waals surface area contributed by atoms with Gasteiger partial charge < -0.3 is 24.9 Å². The molecule has 7 nitrogen and oxygen atoms in total. The zero-order valence-corrected chi connectivity index (χ0v) is 21.7. The van der Waals surface area contributed by atoms with Crippen molar-refractivity contribution in [3.63, 3.8) is 0 Å². The number of carbonyl (C=O) groups excluding carboxylic acids is 1. The fourth-order valence-electron chi connectivity index (χ4n) is 5.22. The number of phenols is 1. The van der Waals surface area contributed by atoms with Gasteiger partial charge >= 0.3 is 7.60 Å². The van der Waals surface area contributed by atoms with E-state index in [2.05, 4.69) is 0 Å². The molecule has 4 N–H and O–H groups in total. The van der Waals surface area contributed by atoms with Gasteiger partial charge in [-0.2, -0.15) is 0 Å². The summed E-state index contributed by atoms with van der Waals surface area (Å²) in [5.41, 5.74) is 1.79. The number of anilines is 1. The van der Waals surface area contributed by atoms with Gasteiger partial charge in [-0.25, -0.2) is 4.39 Å². The summed E-state index contributed by atoms with van der Waals surface area (Å²) in [6.07, 6.45) is -0.141. The lowest BCUT2D eigenvalue weighted by Crippen LogP contribution is -2.55. The first-order valence-electron chi connectivity index (χ1n) is 12.5. The van der Waals surface area contributed by atoms with E-state index in [1.807, 2.05) is 30.3 Å². The van der Waals surface area contributed by atoms with Gasteiger partial charge in [-0.1, -0.05) is 72.8 Å². The molecule has 4 aromatic rings. The molecular weight excluding hydrogens is 520 g/mol. The molecule has 1 fully saturated rings. The minimum Gasteiger partial charge on any atom is -0.507 e. The summed E-state index contributed by atoms with van der Waals surface area (Å²) in [6.45, 7) is 0. The Morgan fingerprint density at radius 3 is 2.23 bits per heavy atom. The molecule has 1 aliphatic heterocycles. The second kappa shape index (κ2) is 10.8. The van der Waals surface area contributed by atoms with Crippen LogP contribution in [0.1, 0.15) is 36.1 Å². The summed E-state index contributed by atoms with van der Waals surface area (Å²) >= 11 is 0. The minimum atomic E-state index is -4.61. The molecule has 0 aliphatic carbocycles. The summed E-state index contributed by atoms with van der Waals surface area (Å²) < 4.78 is 26.8. The summed E-state index contributed by atoms with van der Waals surface area (Å²) in [7, 11) is -4.61. The van der Waals surface area contributed by atoms with Gasteiger partial charge in [-0.3, -0.25) is 9.36 Å². The number of hydrogen-bond donors (Lipinski definition) is 4. The van der Waals surface area contributed by atoms with Crippen molar-refractivity contribution in [1.82, 2.24) is 0 Å². The highest BCUT2D eigenvalue weighted by Gasteiger charge is 2.49. The second-order valence-electron chi connectivity index (χ2n) is 9.55. The van der Waals surface area contributed by atoms with Gasteiger partial charge in [0.05, 0.1) is 29.1 Å². The number of para-hydroxylation sites is 1. The molecule has 0 spiro atoms. The third-order valence-electron chi connectivity index (χ3n) is 7.13. The number of benzene rings is 4. The zero-order chi connectivity index (χ0) is 27.7. The van der Waals surface area contributed by atoms with E-state index in [0.717, 1.165) is 5.56 Å². The van der Waals surface area contributed by atoms with E-state index in [4.69, 9.17) is 0 Å². The molecule has 0 bridgehead atoms. The quantitative estimate of drug-likeness (QED) is 0.178. The fourth-order valence-corrected chi connectivity index (χ4v) is 6.01. The average Bonchev–Trinajstić information content (AvgIpc) is 2.92. The first-order valence-corrected chi connectivity index (χ1v) is 14.1. The molecule has 0 aromatic heterocycles. The number of nitrogens with zero attached hydrogens (tertiary/aromatic N) is 1. The smallest absolute Gasteiger partial charge is 0.356 e. The predicted molar refractivity (Wildman–Crippen MR) is 146 cm³/mol. The van der Waals surface area contributed by atoms with Crippen molar-refractivity contribution >= 4 is 24.5 Å². The molecule has 1 aliphatic rings. The number of aliphatic hydroxyl groups is 1. The molecule has 1 saturated heterocycles. The van der Waals surface area contributed by atoms with Crippen LogP contribution >= 0.6 is 7.60 Å². The van der Waals surface area contributed by atoms with Gasteiger partial charge in [0.1, 0.15) is 11.6 Å². The molecule has 3 unspecified atom stereocenters. The maximum absolute atomic E-state index is 14.7. The molecule has 39 heavy (non-hydrogen) atoms. The number of amides is 1. The normalized spacial score (nSPS) is 18.1. The Morgan fingerprint density at radius 2 is 1.54 bits per heavy atom. The van der Waals surface area contributed by atoms with Crippen molar-refractivity contribution < 1.29 is 33.7 Å². The van der Waals surface area contributed by atoms with E-state index in [0.29, 0.717) is 18.4 Å². The largest absolute Gasteiger partial charge is 0.507 e. The predicted octanol–water partition coefficient (Wildman–Crippen LogP) is 5.22. The molecule has 9 heteroatoms. The number of hydrogen-bond acceptors (Lipinski definition) is 4. The SMILES string of the molecule is O=C1C(CCC(O)c2ccccc2)C(c2ccc(-c3ccccc3P(=O)(O)O)c(O)c2)N1c1ccccc1F. The monoisotopic (exact) mass is 547 g/mol. The topological polar surface area (TPSA) is 118 Å². The van der Waals surface area contributed by atoms with Crippen LogP contribution in [0.15, 0.2) is 97.1 Å². The van der Waals surface area contributed by atoms with Crippen LogP contribution in [0, 0.1) is 11.7 Å². The molecule has 1 amide bonds. The Labute approximate surface area is 225 Å². The number of halogens is 1. The lowest BCUT2D eigenvalue weighted by Gasteiger charge is -2.48. The van der Waals surface area contributed by atoms with Crippen molar-refractivity contribution in [3.05, 3.63) is 114 Å². The van der Waals surface area contributed by atoms with E-state index >= 15 is 0 Å². The van der Waals surface area contributed by atoms with E-state index in [1.54, 1.807) is 18.2 Å². The first-order chi connectivity index (χ1) is 18.7. The molecular formula is C30H27FNO6P. The molecule has 0 radical (unpaired) electrons. The molecule has 3 atom stereocenters. The van der Waals surface area contributed by atoms with Crippen molar-refractivity contribution in [2.45, 2.75) is 25.0 Å². The van der Waals surface area contributed by atoms with Crippen LogP contribution in [-0.4, -0.2) is 25.9 Å². The van der Waals surface area contributed by atoms with Crippen LogP contribution in [0.4, 0.5) is 10.1 Å². The lowest BCUT2D eigenvalue weighted by atomic mass is 9.78. The van der Waals surface area contributed by atoms with Crippen LogP contribution < -0.4 is 10.2 Å². The Hall–Kier alpha value is -3.81. The van der Waals surface area contributed by atoms with Crippen LogP contribution in [-0.2, 0) is 9.36 Å². The van der Waals surface area contributed by atoms with E-state index in [1.165, 1.54) is 53.4 Å². The zero-order valence-electron chi connectivity index (χ0n) is 20.8. The number of rotatable bonds is 8. The van der Waals surface area contributed by atoms with Crippen molar-refractivity contribution in [1.29, 1.82) is 0 Å². The van der Waals surface area contributed by atoms with Gasteiger partial charge in [-0.15, -0.1) is 0 Å². The van der Waals surface area contributed by atoms with Gasteiger partial charge in [0.25, 0.3) is 0 Å². The molecule has 5 rings (SSSR count). The highest BCUT2D eigenvalue weighted by atomic mass is 31.2. The van der Waals surface area contributed by atoms with Gasteiger partial charge in [0.2, 0.25) is 5.91 Å². The first kappa shape index (κ1) is 26.8. The van der Waals surface area contributed by atoms with Crippen molar-refractivity contribution in [2.75, 3.05) is 4.90 Å². The maximum atomic E-state index is 14.7. The van der Waals surface area contributed by atoms with Crippen LogP contribution in [0.25, 0.3) is 11.1 Å². The second-order valence-corrected chi connectivity index (χ2v) is 11.1. The Bertz CT molecular complexity index is 1560. The maximum Gasteiger partial charge on any atom is 0.356 e. The third kappa shape index (κ3) is 5.24. The highest BCUT2D eigenvalue weighted by Crippen LogP contribution is 2.48. The molecule has 4 aromatic carbocycles. The third-order valence-corrected chi connectivity index (χ3v) is 8.15. The lowest BCUT2D eigenvalue weighted by molar-refractivity contribution is -0.131. The number of carbonyl (C=O) groups is 1. The van der Waals surface area contributed by atoms with Crippen molar-refractivity contribution in [2.24, 2.45) is 5.92 Å². The van der Waals surface area contributed by atoms with Crippen LogP contribution in [0.5, 0.6) is 5.75 Å². The molecule has 1 heterocycles. The summed E-state index contributed by atoms with van der Waals surface area (Å²) in [4.78, 5) is 34.2. The van der Waals surface area contributed by atoms with Crippen molar-refractivity contribution in [3.8, 4) is 16.9 Å². The number of aromatic hydroxyl groups is 1. The minimum absolute atomic E-state index is 0.114. The summed E-state index contributed by atoms with van der Waals surface area (Å²) in [6, 6.07) is 25.0. The number of aliphatic hydroxyl groups excluding tert-OH is 1.